The molecule has 0 saturated carbocycles. The number of pyridine rings is 1. The van der Waals surface area contributed by atoms with Gasteiger partial charge in [-0.15, -0.1) is 0 Å². The fourth-order valence-corrected chi connectivity index (χ4v) is 8.52. The fraction of sp³-hybridized carbons (Fsp3) is 0.0286. The molecule has 0 unspecified atom stereocenters. The van der Waals surface area contributed by atoms with Gasteiger partial charge in [0.1, 0.15) is 5.76 Å². The first-order chi connectivity index (χ1) is 24.6. The van der Waals surface area contributed by atoms with Crippen LogP contribution >= 0.6 is 92.8 Å². The van der Waals surface area contributed by atoms with E-state index in [1.165, 1.54) is 30.3 Å². The standard InChI is InChI=1S/C35H11Cl8N3O6/c36-21-17-18(22(37)26(41)25(21)40)31(48)16(30(17)47)14-6-5-11-7-10(9-45-32(49)12-3-1-2-4-13(12)33(45)50)8-15(29(11)44-14)46-34(51)19-20(35(46)52)24(39)28(43)27(42)23(19)38/h1-8,47H,9H2. The van der Waals surface area contributed by atoms with E-state index >= 15 is 0 Å². The minimum atomic E-state index is -0.939. The number of carbonyl (C=O) groups is 5. The molecule has 4 aromatic carbocycles. The van der Waals surface area contributed by atoms with Crippen LogP contribution in [0.2, 0.25) is 40.2 Å². The van der Waals surface area contributed by atoms with E-state index in [0.29, 0.717) is 10.9 Å². The zero-order valence-electron chi connectivity index (χ0n) is 25.2. The Kier molecular flexibility index (Phi) is 8.33. The number of ketones is 1. The summed E-state index contributed by atoms with van der Waals surface area (Å²) >= 11 is 50.5. The van der Waals surface area contributed by atoms with Crippen LogP contribution in [0.1, 0.15) is 68.6 Å². The van der Waals surface area contributed by atoms with E-state index < -0.39 is 35.2 Å². The molecule has 2 aliphatic heterocycles. The molecule has 1 aliphatic carbocycles. The van der Waals surface area contributed by atoms with Gasteiger partial charge in [-0.25, -0.2) is 9.88 Å². The number of nitrogens with zero attached hydrogens (tertiary/aromatic N) is 3. The Balaban J connectivity index is 1.33. The topological polar surface area (TPSA) is 125 Å². The maximum absolute atomic E-state index is 14.1. The van der Waals surface area contributed by atoms with Crippen LogP contribution in [0.5, 0.6) is 0 Å². The van der Waals surface area contributed by atoms with Crippen LogP contribution in [0.3, 0.4) is 0 Å². The first-order valence-electron chi connectivity index (χ1n) is 14.6. The second-order valence-corrected chi connectivity index (χ2v) is 14.7. The number of fused-ring (bicyclic) bond motifs is 4. The maximum atomic E-state index is 14.1. The summed E-state index contributed by atoms with van der Waals surface area (Å²) in [5, 5.41) is 9.63. The van der Waals surface area contributed by atoms with Crippen LogP contribution < -0.4 is 4.90 Å². The summed E-state index contributed by atoms with van der Waals surface area (Å²) < 4.78 is 0. The monoisotopic (exact) mass is 849 g/mol. The summed E-state index contributed by atoms with van der Waals surface area (Å²) in [6.45, 7) is -0.266. The molecule has 0 spiro atoms. The van der Waals surface area contributed by atoms with Crippen molar-refractivity contribution in [1.29, 1.82) is 0 Å². The summed E-state index contributed by atoms with van der Waals surface area (Å²) in [7, 11) is 0. The van der Waals surface area contributed by atoms with Gasteiger partial charge in [-0.3, -0.25) is 28.9 Å². The van der Waals surface area contributed by atoms with Crippen LogP contribution in [0, 0.1) is 0 Å². The van der Waals surface area contributed by atoms with Gasteiger partial charge in [-0.2, -0.15) is 0 Å². The van der Waals surface area contributed by atoms with Gasteiger partial charge in [0.2, 0.25) is 5.78 Å². The van der Waals surface area contributed by atoms with Gasteiger partial charge in [0.05, 0.1) is 103 Å². The Morgan fingerprint density at radius 1 is 0.577 bits per heavy atom. The first-order valence-corrected chi connectivity index (χ1v) is 17.7. The highest BCUT2D eigenvalue weighted by Gasteiger charge is 2.44. The van der Waals surface area contributed by atoms with Crippen molar-refractivity contribution in [3.63, 3.8) is 0 Å². The van der Waals surface area contributed by atoms with Gasteiger partial charge in [-0.05, 0) is 35.9 Å². The molecule has 1 N–H and O–H groups in total. The SMILES string of the molecule is O=C1C(c2ccc3cc(CN4C(=O)c5ccccc5C4=O)cc(N4C(=O)c5c(Cl)c(Cl)c(Cl)c(Cl)c5C4=O)c3n2)=C(O)c2c(Cl)c(Cl)c(Cl)c(Cl)c21. The number of amides is 4. The van der Waals surface area contributed by atoms with E-state index in [4.69, 9.17) is 92.8 Å². The van der Waals surface area contributed by atoms with E-state index in [9.17, 15) is 29.1 Å². The lowest BCUT2D eigenvalue weighted by atomic mass is 10.0. The average Bonchev–Trinajstić information content (AvgIpc) is 3.65. The maximum Gasteiger partial charge on any atom is 0.267 e. The predicted molar refractivity (Wildman–Crippen MR) is 200 cm³/mol. The van der Waals surface area contributed by atoms with Gasteiger partial charge < -0.3 is 5.11 Å². The normalized spacial score (nSPS) is 15.1. The second-order valence-electron chi connectivity index (χ2n) is 11.6. The number of imide groups is 2. The molecule has 0 saturated heterocycles. The molecule has 0 radical (unpaired) electrons. The molecule has 258 valence electrons. The van der Waals surface area contributed by atoms with E-state index in [2.05, 4.69) is 4.98 Å². The third kappa shape index (κ3) is 4.78. The number of benzene rings is 4. The van der Waals surface area contributed by atoms with Gasteiger partial charge in [0.15, 0.2) is 0 Å². The lowest BCUT2D eigenvalue weighted by molar-refractivity contribution is 0.0641. The first kappa shape index (κ1) is 35.1. The minimum absolute atomic E-state index is 0.0279. The molecule has 3 heterocycles. The van der Waals surface area contributed by atoms with Gasteiger partial charge in [0, 0.05) is 5.39 Å². The highest BCUT2D eigenvalue weighted by Crippen LogP contribution is 2.51. The Bertz CT molecular complexity index is 2590. The van der Waals surface area contributed by atoms with Crippen LogP contribution in [-0.2, 0) is 6.54 Å². The molecular formula is C35H11Cl8N3O6. The molecule has 1 aromatic heterocycles. The van der Waals surface area contributed by atoms with Crippen molar-refractivity contribution in [3.8, 4) is 0 Å². The van der Waals surface area contributed by atoms with Crippen LogP contribution in [0.25, 0.3) is 22.2 Å². The quantitative estimate of drug-likeness (QED) is 0.108. The number of anilines is 1. The largest absolute Gasteiger partial charge is 0.506 e. The number of aromatic nitrogens is 1. The van der Waals surface area contributed by atoms with E-state index in [0.717, 1.165) is 9.80 Å². The van der Waals surface area contributed by atoms with Crippen molar-refractivity contribution in [1.82, 2.24) is 9.88 Å². The summed E-state index contributed by atoms with van der Waals surface area (Å²) in [6.07, 6.45) is 0. The van der Waals surface area contributed by atoms with Crippen molar-refractivity contribution >= 4 is 150 Å². The van der Waals surface area contributed by atoms with Crippen LogP contribution in [0.4, 0.5) is 5.69 Å². The molecular weight excluding hydrogens is 842 g/mol. The van der Waals surface area contributed by atoms with Gasteiger partial charge in [-0.1, -0.05) is 111 Å². The van der Waals surface area contributed by atoms with Gasteiger partial charge in [0.25, 0.3) is 23.6 Å². The van der Waals surface area contributed by atoms with Crippen molar-refractivity contribution in [2.24, 2.45) is 0 Å². The van der Waals surface area contributed by atoms with Crippen molar-refractivity contribution < 1.29 is 29.1 Å². The van der Waals surface area contributed by atoms with Crippen molar-refractivity contribution in [2.75, 3.05) is 4.90 Å². The number of rotatable bonds is 4. The number of aliphatic hydroxyl groups excluding tert-OH is 1. The van der Waals surface area contributed by atoms with Gasteiger partial charge >= 0.3 is 0 Å². The molecule has 9 nitrogen and oxygen atoms in total. The molecule has 17 heteroatoms. The second kappa shape index (κ2) is 12.3. The highest BCUT2D eigenvalue weighted by molar-refractivity contribution is 6.58. The molecule has 0 fully saturated rings. The molecule has 0 atom stereocenters. The Morgan fingerprint density at radius 2 is 1.08 bits per heavy atom. The lowest BCUT2D eigenvalue weighted by Gasteiger charge is -2.20. The summed E-state index contributed by atoms with van der Waals surface area (Å²) in [4.78, 5) is 74.9. The lowest BCUT2D eigenvalue weighted by Crippen LogP contribution is -2.31. The minimum Gasteiger partial charge on any atom is -0.506 e. The fourth-order valence-electron chi connectivity index (χ4n) is 6.47. The third-order valence-corrected chi connectivity index (χ3v) is 12.4. The molecule has 52 heavy (non-hydrogen) atoms. The zero-order valence-corrected chi connectivity index (χ0v) is 31.2. The molecule has 5 aromatic rings. The Hall–Kier alpha value is -3.90. The van der Waals surface area contributed by atoms with E-state index in [1.807, 2.05) is 0 Å². The average molecular weight is 853 g/mol. The highest BCUT2D eigenvalue weighted by atomic mass is 35.5. The zero-order chi connectivity index (χ0) is 37.2. The molecule has 8 rings (SSSR count). The van der Waals surface area contributed by atoms with Crippen LogP contribution in [-0.4, -0.2) is 44.4 Å². The number of Topliss-reactive ketones (excluding diaryl/α,β-unsaturated/α-hetero) is 1. The van der Waals surface area contributed by atoms with Crippen LogP contribution in [0.15, 0.2) is 48.5 Å². The molecule has 0 bridgehead atoms. The van der Waals surface area contributed by atoms with E-state index in [1.54, 1.807) is 18.2 Å². The number of hydrogen-bond acceptors (Lipinski definition) is 7. The summed E-state index contributed by atoms with van der Waals surface area (Å²) in [6, 6.07) is 12.2. The van der Waals surface area contributed by atoms with Crippen molar-refractivity contribution in [3.05, 3.63) is 133 Å². The summed E-state index contributed by atoms with van der Waals surface area (Å²) in [5.41, 5.74) is -0.865. The third-order valence-electron chi connectivity index (χ3n) is 8.84. The number of allylic oxidation sites excluding steroid dienone is 1. The Labute approximate surface area is 331 Å². The molecule has 4 amide bonds. The number of halogens is 8. The number of carbonyl (C=O) groups excluding carboxylic acids is 5. The summed E-state index contributed by atoms with van der Waals surface area (Å²) in [5.74, 6) is -4.34. The Morgan fingerprint density at radius 3 is 1.62 bits per heavy atom. The number of aliphatic hydroxyl groups is 1. The van der Waals surface area contributed by atoms with Crippen molar-refractivity contribution in [2.45, 2.75) is 6.54 Å². The molecule has 3 aliphatic rings. The predicted octanol–water partition coefficient (Wildman–Crippen LogP) is 10.7. The smallest absolute Gasteiger partial charge is 0.267 e. The van der Waals surface area contributed by atoms with E-state index in [-0.39, 0.29) is 103 Å². The number of hydrogen-bond donors (Lipinski definition) is 1.